The van der Waals surface area contributed by atoms with E-state index in [2.05, 4.69) is 57.5 Å². The Morgan fingerprint density at radius 3 is 2.20 bits per heavy atom. The topological polar surface area (TPSA) is 368 Å². The molecule has 4 aliphatic rings. The average Bonchev–Trinajstić information content (AvgIpc) is 4.04. The molecule has 4 aliphatic heterocycles. The van der Waals surface area contributed by atoms with Crippen LogP contribution in [-0.2, 0) is 56.0 Å². The highest BCUT2D eigenvalue weighted by Crippen LogP contribution is 2.35. The molecule has 6 heterocycles. The Morgan fingerprint density at radius 2 is 1.55 bits per heavy atom. The van der Waals surface area contributed by atoms with Crippen molar-refractivity contribution in [3.8, 4) is 5.82 Å². The van der Waals surface area contributed by atoms with Crippen molar-refractivity contribution in [2.75, 3.05) is 13.1 Å². The standard InChI is InChI=1S/C47H66N14O10/c1-21(2)14-31-43(67)59-37(23(5)6)44(68)58-32-17-27-26-10-9-24(36(22(3)4)38(45(69)57-31)60-41(65)29-11-12-34(62)53-29)15-30(26)55-39(27)61-19-25(52-20-61)16-33(46(70)71)54-35(63)18-51-40(64)28(56-42(32)66)8-7-13-50-47(48)49/h9-10,15,19-23,28-29,31-33,36-38,55H,7-8,11-14,16-18H2,1-6H3,(H,51,64)(H,53,62)(H,54,63)(H,56,66)(H,57,69)(H,58,68)(H,59,67)(H,60,65)(H,70,71)(H4,48,49,50)/t28-,29-,31-,32-,33-,36-,37-,38-/m0/s1. The van der Waals surface area contributed by atoms with Crippen molar-refractivity contribution in [2.45, 2.75) is 135 Å². The van der Waals surface area contributed by atoms with Crippen LogP contribution in [0.4, 0.5) is 0 Å². The summed E-state index contributed by atoms with van der Waals surface area (Å²) in [6, 6.07) is -3.50. The van der Waals surface area contributed by atoms with Gasteiger partial charge >= 0.3 is 5.97 Å². The van der Waals surface area contributed by atoms with Gasteiger partial charge in [-0.2, -0.15) is 0 Å². The summed E-state index contributed by atoms with van der Waals surface area (Å²) in [4.78, 5) is 136. The third-order valence-corrected chi connectivity index (χ3v) is 12.8. The van der Waals surface area contributed by atoms with Gasteiger partial charge < -0.3 is 64.1 Å². The first-order valence-electron chi connectivity index (χ1n) is 23.9. The normalized spacial score (nSPS) is 24.9. The fourth-order valence-electron chi connectivity index (χ4n) is 9.25. The van der Waals surface area contributed by atoms with Crippen molar-refractivity contribution in [1.29, 1.82) is 0 Å². The molecule has 14 N–H and O–H groups in total. The van der Waals surface area contributed by atoms with Crippen LogP contribution in [0.15, 0.2) is 35.7 Å². The second-order valence-corrected chi connectivity index (χ2v) is 19.5. The number of benzene rings is 1. The highest BCUT2D eigenvalue weighted by atomic mass is 16.4. The molecule has 2 aromatic heterocycles. The van der Waals surface area contributed by atoms with Gasteiger partial charge in [0.05, 0.1) is 12.2 Å². The predicted octanol–water partition coefficient (Wildman–Crippen LogP) is -1.65. The minimum Gasteiger partial charge on any atom is -0.480 e. The summed E-state index contributed by atoms with van der Waals surface area (Å²) >= 11 is 0. The Labute approximate surface area is 409 Å². The molecule has 1 aromatic carbocycles. The van der Waals surface area contributed by atoms with Gasteiger partial charge in [0.2, 0.25) is 47.3 Å². The summed E-state index contributed by atoms with van der Waals surface area (Å²) in [5, 5.41) is 32.4. The Hall–Kier alpha value is -7.53. The summed E-state index contributed by atoms with van der Waals surface area (Å²) in [7, 11) is 0. The van der Waals surface area contributed by atoms with Crippen molar-refractivity contribution in [3.63, 3.8) is 0 Å². The van der Waals surface area contributed by atoms with E-state index in [0.29, 0.717) is 27.8 Å². The molecule has 3 aromatic rings. The molecule has 71 heavy (non-hydrogen) atoms. The first-order chi connectivity index (χ1) is 33.6. The molecule has 7 bridgehead atoms. The number of rotatable bonds is 11. The number of aromatic amines is 1. The van der Waals surface area contributed by atoms with E-state index in [1.807, 2.05) is 27.7 Å². The minimum absolute atomic E-state index is 0.0333. The lowest BCUT2D eigenvalue weighted by molar-refractivity contribution is -0.141. The Balaban J connectivity index is 1.57. The number of guanidine groups is 1. The molecular weight excluding hydrogens is 921 g/mol. The first-order valence-corrected chi connectivity index (χ1v) is 23.9. The number of carbonyl (C=O) groups excluding carboxylic acids is 8. The molecule has 1 fully saturated rings. The molecule has 8 amide bonds. The van der Waals surface area contributed by atoms with Crippen molar-refractivity contribution in [2.24, 2.45) is 34.2 Å². The van der Waals surface area contributed by atoms with Crippen LogP contribution in [0.3, 0.4) is 0 Å². The van der Waals surface area contributed by atoms with E-state index in [4.69, 9.17) is 11.5 Å². The number of fused-ring (bicyclic) bond motifs is 13. The van der Waals surface area contributed by atoms with E-state index >= 15 is 0 Å². The van der Waals surface area contributed by atoms with E-state index < -0.39 is 108 Å². The fourth-order valence-corrected chi connectivity index (χ4v) is 9.25. The third kappa shape index (κ3) is 13.2. The maximum atomic E-state index is 14.8. The molecule has 7 rings (SSSR count). The molecule has 384 valence electrons. The smallest absolute Gasteiger partial charge is 0.326 e. The SMILES string of the molecule is CC(C)C[C@@H]1NC(=O)[C@@H](NC(=O)[C@@H]2CCC(=O)N2)[C@@H](C(C)C)c2ccc3c4c([nH]c3c2)-n2cnc(c2)C[C@@H](C(=O)O)NC(=O)CNC(=O)[C@H](CCCN=C(N)N)NC(=O)[C@H](C4)NC(=O)[C@H](C(C)C)NC1=O. The Morgan fingerprint density at radius 1 is 0.831 bits per heavy atom. The van der Waals surface area contributed by atoms with Gasteiger partial charge in [-0.3, -0.25) is 47.9 Å². The second-order valence-electron chi connectivity index (χ2n) is 19.5. The quantitative estimate of drug-likeness (QED) is 0.0444. The number of nitrogens with zero attached hydrogens (tertiary/aromatic N) is 3. The van der Waals surface area contributed by atoms with Crippen molar-refractivity contribution >= 4 is 70.1 Å². The van der Waals surface area contributed by atoms with Crippen LogP contribution in [0.25, 0.3) is 16.7 Å². The van der Waals surface area contributed by atoms with Crippen LogP contribution in [0.5, 0.6) is 0 Å². The molecule has 24 nitrogen and oxygen atoms in total. The predicted molar refractivity (Wildman–Crippen MR) is 258 cm³/mol. The number of imidazole rings is 1. The zero-order chi connectivity index (χ0) is 51.8. The average molecular weight is 987 g/mol. The van der Waals surface area contributed by atoms with Gasteiger partial charge in [0.1, 0.15) is 54.4 Å². The number of aliphatic carboxylic acids is 1. The largest absolute Gasteiger partial charge is 0.480 e. The number of nitrogens with two attached hydrogens (primary N) is 2. The van der Waals surface area contributed by atoms with Crippen LogP contribution in [0.2, 0.25) is 0 Å². The summed E-state index contributed by atoms with van der Waals surface area (Å²) in [5.41, 5.74) is 12.8. The first kappa shape index (κ1) is 52.8. The maximum Gasteiger partial charge on any atom is 0.326 e. The number of H-pyrrole nitrogens is 1. The van der Waals surface area contributed by atoms with Gasteiger partial charge in [-0.25, -0.2) is 9.78 Å². The molecule has 24 heteroatoms. The Bertz CT molecular complexity index is 2560. The number of hydrogen-bond donors (Lipinski definition) is 12. The van der Waals surface area contributed by atoms with Gasteiger partial charge in [-0.15, -0.1) is 0 Å². The number of carboxylic acid groups (broad SMARTS) is 1. The van der Waals surface area contributed by atoms with Gasteiger partial charge in [-0.05, 0) is 55.1 Å². The van der Waals surface area contributed by atoms with E-state index in [0.717, 1.165) is 0 Å². The van der Waals surface area contributed by atoms with Gasteiger partial charge in [0.25, 0.3) is 0 Å². The van der Waals surface area contributed by atoms with Gasteiger partial charge in [-0.1, -0.05) is 53.7 Å². The number of amides is 8. The van der Waals surface area contributed by atoms with Crippen LogP contribution >= 0.6 is 0 Å². The lowest BCUT2D eigenvalue weighted by Gasteiger charge is -2.33. The summed E-state index contributed by atoms with van der Waals surface area (Å²) in [5.74, 6) is -8.44. The van der Waals surface area contributed by atoms with Crippen LogP contribution < -0.4 is 54.0 Å². The highest BCUT2D eigenvalue weighted by Gasteiger charge is 2.40. The number of carboxylic acids is 1. The zero-order valence-corrected chi connectivity index (χ0v) is 40.7. The third-order valence-electron chi connectivity index (χ3n) is 12.8. The maximum absolute atomic E-state index is 14.8. The molecule has 8 atom stereocenters. The lowest BCUT2D eigenvalue weighted by Crippen LogP contribution is -2.61. The number of carbonyl (C=O) groups is 9. The highest BCUT2D eigenvalue weighted by molar-refractivity contribution is 5.99. The van der Waals surface area contributed by atoms with E-state index in [-0.39, 0.29) is 80.9 Å². The summed E-state index contributed by atoms with van der Waals surface area (Å²) < 4.78 is 1.58. The summed E-state index contributed by atoms with van der Waals surface area (Å²) in [6.07, 6.45) is 3.13. The molecule has 0 saturated carbocycles. The molecule has 1 saturated heterocycles. The van der Waals surface area contributed by atoms with Crippen molar-refractivity contribution < 1.29 is 48.3 Å². The van der Waals surface area contributed by atoms with Gasteiger partial charge in [0.15, 0.2) is 5.96 Å². The molecule has 0 aliphatic carbocycles. The Kier molecular flexibility index (Phi) is 17.1. The van der Waals surface area contributed by atoms with E-state index in [1.165, 1.54) is 6.33 Å². The number of nitrogens with one attached hydrogen (secondary N) is 9. The van der Waals surface area contributed by atoms with E-state index in [9.17, 15) is 48.3 Å². The molecule has 0 spiro atoms. The van der Waals surface area contributed by atoms with Crippen molar-refractivity contribution in [3.05, 3.63) is 47.5 Å². The minimum atomic E-state index is -1.46. The second kappa shape index (κ2) is 22.9. The lowest BCUT2D eigenvalue weighted by atomic mass is 9.81. The van der Waals surface area contributed by atoms with E-state index in [1.54, 1.807) is 42.8 Å². The molecular formula is C47H66N14O10. The van der Waals surface area contributed by atoms with Crippen LogP contribution in [0, 0.1) is 17.8 Å². The van der Waals surface area contributed by atoms with Gasteiger partial charge in [0, 0.05) is 54.4 Å². The van der Waals surface area contributed by atoms with Crippen LogP contribution in [-0.4, -0.2) is 134 Å². The molecule has 0 unspecified atom stereocenters. The fraction of sp³-hybridized carbons (Fsp3) is 0.553. The number of hydrogen-bond acceptors (Lipinski definition) is 11. The summed E-state index contributed by atoms with van der Waals surface area (Å²) in [6.45, 7) is 10.3. The number of aliphatic imine (C=N–C) groups is 1. The number of aromatic nitrogens is 3. The van der Waals surface area contributed by atoms with Crippen molar-refractivity contribution in [1.82, 2.24) is 57.1 Å². The zero-order valence-electron chi connectivity index (χ0n) is 40.7. The molecule has 0 radical (unpaired) electrons. The monoisotopic (exact) mass is 987 g/mol. The van der Waals surface area contributed by atoms with Crippen LogP contribution in [0.1, 0.15) is 96.4 Å².